The van der Waals surface area contributed by atoms with Crippen molar-refractivity contribution in [3.63, 3.8) is 0 Å². The lowest BCUT2D eigenvalue weighted by atomic mass is 10.0. The predicted molar refractivity (Wildman–Crippen MR) is 122 cm³/mol. The van der Waals surface area contributed by atoms with E-state index in [0.717, 1.165) is 16.5 Å². The van der Waals surface area contributed by atoms with Gasteiger partial charge in [-0.05, 0) is 41.6 Å². The molecule has 2 atom stereocenters. The molecule has 1 amide bonds. The summed E-state index contributed by atoms with van der Waals surface area (Å²) >= 11 is 1.57. The van der Waals surface area contributed by atoms with Crippen molar-refractivity contribution >= 4 is 33.8 Å². The smallest absolute Gasteiger partial charge is 0.238 e. The Hall–Kier alpha value is -2.09. The predicted octanol–water partition coefficient (Wildman–Crippen LogP) is 3.62. The summed E-state index contributed by atoms with van der Waals surface area (Å²) in [5.74, 6) is 0.506. The van der Waals surface area contributed by atoms with Gasteiger partial charge in [-0.1, -0.05) is 67.6 Å². The van der Waals surface area contributed by atoms with E-state index in [1.807, 2.05) is 73.8 Å². The van der Waals surface area contributed by atoms with Crippen LogP contribution in [0.1, 0.15) is 30.4 Å². The lowest BCUT2D eigenvalue weighted by Gasteiger charge is -2.19. The van der Waals surface area contributed by atoms with E-state index in [4.69, 9.17) is 0 Å². The maximum absolute atomic E-state index is 12.7. The molecule has 2 N–H and O–H groups in total. The summed E-state index contributed by atoms with van der Waals surface area (Å²) in [5, 5.41) is 3.99. The highest BCUT2D eigenvalue weighted by Crippen LogP contribution is 2.13. The molecule has 0 spiro atoms. The van der Waals surface area contributed by atoms with Crippen LogP contribution >= 0.6 is 11.8 Å². The first kappa shape index (κ1) is 23.2. The second-order valence-corrected chi connectivity index (χ2v) is 9.35. The fourth-order valence-corrected chi connectivity index (χ4v) is 4.23. The molecule has 156 valence electrons. The highest BCUT2D eigenvalue weighted by Gasteiger charge is 2.23. The third-order valence-electron chi connectivity index (χ3n) is 4.42. The Morgan fingerprint density at radius 1 is 1.07 bits per heavy atom. The van der Waals surface area contributed by atoms with E-state index in [1.165, 1.54) is 6.08 Å². The number of hydrogen-bond acceptors (Lipinski definition) is 4. The first-order valence-electron chi connectivity index (χ1n) is 9.48. The number of benzene rings is 2. The van der Waals surface area contributed by atoms with Crippen molar-refractivity contribution in [2.75, 3.05) is 18.6 Å². The van der Waals surface area contributed by atoms with E-state index in [1.54, 1.807) is 11.8 Å². The second-order valence-electron chi connectivity index (χ2n) is 6.77. The van der Waals surface area contributed by atoms with E-state index < -0.39 is 16.1 Å². The topological polar surface area (TPSA) is 75.3 Å². The molecule has 2 aromatic rings. The zero-order chi connectivity index (χ0) is 21.1. The van der Waals surface area contributed by atoms with Gasteiger partial charge in [0, 0.05) is 12.0 Å². The number of nitrogens with one attached hydrogen (secondary N) is 2. The quantitative estimate of drug-likeness (QED) is 0.569. The Balaban J connectivity index is 1.99. The van der Waals surface area contributed by atoms with Crippen molar-refractivity contribution in [2.24, 2.45) is 0 Å². The Morgan fingerprint density at radius 3 is 2.31 bits per heavy atom. The largest absolute Gasteiger partial charge is 0.354 e. The third kappa shape index (κ3) is 8.43. The van der Waals surface area contributed by atoms with E-state index in [9.17, 15) is 13.2 Å². The molecule has 0 aliphatic rings. The summed E-state index contributed by atoms with van der Waals surface area (Å²) < 4.78 is 27.4. The van der Waals surface area contributed by atoms with Crippen molar-refractivity contribution in [3.05, 3.63) is 77.2 Å². The Kier molecular flexibility index (Phi) is 9.44. The first-order chi connectivity index (χ1) is 13.9. The standard InChI is InChI=1S/C22H28N2O3S2/c1-18(20-11-7-4-8-12-20)17-23-22(25)21(13-15-28-2)24-29(26,27)16-14-19-9-5-3-6-10-19/h3-12,14,16,18,21,24H,13,15,17H2,1-2H3,(H,23,25)/b16-14+. The lowest BCUT2D eigenvalue weighted by molar-refractivity contribution is -0.122. The molecule has 0 fully saturated rings. The molecule has 7 heteroatoms. The Labute approximate surface area is 178 Å². The fraction of sp³-hybridized carbons (Fsp3) is 0.318. The van der Waals surface area contributed by atoms with Gasteiger partial charge in [0.05, 0.1) is 0 Å². The first-order valence-corrected chi connectivity index (χ1v) is 12.4. The average Bonchev–Trinajstić information content (AvgIpc) is 2.74. The van der Waals surface area contributed by atoms with Gasteiger partial charge in [-0.15, -0.1) is 0 Å². The summed E-state index contributed by atoms with van der Waals surface area (Å²) in [6, 6.07) is 18.3. The van der Waals surface area contributed by atoms with E-state index in [0.29, 0.717) is 18.7 Å². The zero-order valence-electron chi connectivity index (χ0n) is 16.7. The van der Waals surface area contributed by atoms with Crippen LogP contribution in [-0.2, 0) is 14.8 Å². The number of carbonyl (C=O) groups excluding carboxylic acids is 1. The summed E-state index contributed by atoms with van der Waals surface area (Å²) in [7, 11) is -3.75. The summed E-state index contributed by atoms with van der Waals surface area (Å²) in [6.45, 7) is 2.47. The number of sulfonamides is 1. The van der Waals surface area contributed by atoms with Crippen LogP contribution in [0.3, 0.4) is 0 Å². The summed E-state index contributed by atoms with van der Waals surface area (Å²) in [5.41, 5.74) is 1.90. The van der Waals surface area contributed by atoms with Crippen molar-refractivity contribution in [3.8, 4) is 0 Å². The molecule has 2 rings (SSSR count). The second kappa shape index (κ2) is 11.8. The maximum atomic E-state index is 12.7. The van der Waals surface area contributed by atoms with Crippen LogP contribution in [0.25, 0.3) is 6.08 Å². The van der Waals surface area contributed by atoms with Crippen LogP contribution in [0.4, 0.5) is 0 Å². The molecule has 5 nitrogen and oxygen atoms in total. The lowest BCUT2D eigenvalue weighted by Crippen LogP contribution is -2.47. The van der Waals surface area contributed by atoms with Gasteiger partial charge in [0.1, 0.15) is 6.04 Å². The SMILES string of the molecule is CSCCC(NS(=O)(=O)/C=C/c1ccccc1)C(=O)NCC(C)c1ccccc1. The maximum Gasteiger partial charge on any atom is 0.238 e. The molecule has 0 saturated carbocycles. The third-order valence-corrected chi connectivity index (χ3v) is 6.18. The van der Waals surface area contributed by atoms with E-state index >= 15 is 0 Å². The minimum atomic E-state index is -3.75. The van der Waals surface area contributed by atoms with Gasteiger partial charge < -0.3 is 5.32 Å². The molecule has 2 aromatic carbocycles. The van der Waals surface area contributed by atoms with Crippen LogP contribution in [0, 0.1) is 0 Å². The average molecular weight is 433 g/mol. The zero-order valence-corrected chi connectivity index (χ0v) is 18.4. The molecule has 0 aliphatic heterocycles. The molecular weight excluding hydrogens is 404 g/mol. The number of hydrogen-bond donors (Lipinski definition) is 2. The van der Waals surface area contributed by atoms with Crippen molar-refractivity contribution in [1.29, 1.82) is 0 Å². The Morgan fingerprint density at radius 2 is 1.69 bits per heavy atom. The van der Waals surface area contributed by atoms with Crippen molar-refractivity contribution < 1.29 is 13.2 Å². The molecule has 0 heterocycles. The van der Waals surface area contributed by atoms with Crippen LogP contribution < -0.4 is 10.0 Å². The molecule has 0 saturated heterocycles. The normalized spacial score (nSPS) is 13.9. The monoisotopic (exact) mass is 432 g/mol. The van der Waals surface area contributed by atoms with Gasteiger partial charge >= 0.3 is 0 Å². The number of thioether (sulfide) groups is 1. The molecule has 0 radical (unpaired) electrons. The summed E-state index contributed by atoms with van der Waals surface area (Å²) in [4.78, 5) is 12.7. The minimum Gasteiger partial charge on any atom is -0.354 e. The number of amides is 1. The van der Waals surface area contributed by atoms with Gasteiger partial charge in [0.25, 0.3) is 0 Å². The van der Waals surface area contributed by atoms with Crippen LogP contribution in [-0.4, -0.2) is 38.9 Å². The Bertz CT molecular complexity index is 885. The van der Waals surface area contributed by atoms with Crippen molar-refractivity contribution in [1.82, 2.24) is 10.0 Å². The van der Waals surface area contributed by atoms with Gasteiger partial charge in [0.2, 0.25) is 15.9 Å². The summed E-state index contributed by atoms with van der Waals surface area (Å²) in [6.07, 6.45) is 3.87. The van der Waals surface area contributed by atoms with Crippen LogP contribution in [0.5, 0.6) is 0 Å². The van der Waals surface area contributed by atoms with Crippen molar-refractivity contribution in [2.45, 2.75) is 25.3 Å². The molecule has 0 bridgehead atoms. The highest BCUT2D eigenvalue weighted by molar-refractivity contribution is 7.98. The van der Waals surface area contributed by atoms with Gasteiger partial charge in [-0.25, -0.2) is 8.42 Å². The van der Waals surface area contributed by atoms with Crippen LogP contribution in [0.15, 0.2) is 66.1 Å². The van der Waals surface area contributed by atoms with Gasteiger partial charge in [0.15, 0.2) is 0 Å². The molecule has 0 aromatic heterocycles. The highest BCUT2D eigenvalue weighted by atomic mass is 32.2. The number of carbonyl (C=O) groups is 1. The minimum absolute atomic E-state index is 0.135. The molecule has 29 heavy (non-hydrogen) atoms. The van der Waals surface area contributed by atoms with E-state index in [-0.39, 0.29) is 11.8 Å². The van der Waals surface area contributed by atoms with Crippen LogP contribution in [0.2, 0.25) is 0 Å². The molecular formula is C22H28N2O3S2. The molecule has 2 unspecified atom stereocenters. The van der Waals surface area contributed by atoms with E-state index in [2.05, 4.69) is 10.0 Å². The molecule has 0 aliphatic carbocycles. The fourth-order valence-electron chi connectivity index (χ4n) is 2.73. The number of rotatable bonds is 11. The van der Waals surface area contributed by atoms with Gasteiger partial charge in [-0.3, -0.25) is 4.79 Å². The van der Waals surface area contributed by atoms with Gasteiger partial charge in [-0.2, -0.15) is 16.5 Å².